The number of benzene rings is 1. The van der Waals surface area contributed by atoms with E-state index in [-0.39, 0.29) is 16.8 Å². The number of nitrogens with zero attached hydrogens (tertiary/aromatic N) is 1. The third-order valence-corrected chi connectivity index (χ3v) is 5.58. The van der Waals surface area contributed by atoms with Gasteiger partial charge in [0, 0.05) is 5.69 Å². The highest BCUT2D eigenvalue weighted by atomic mass is 32.2. The zero-order chi connectivity index (χ0) is 16.9. The number of thiazole rings is 1. The number of anilines is 2. The monoisotopic (exact) mass is 353 g/mol. The molecule has 0 unspecified atom stereocenters. The summed E-state index contributed by atoms with van der Waals surface area (Å²) in [5.74, 6) is -0.251. The summed E-state index contributed by atoms with van der Waals surface area (Å²) in [4.78, 5) is 16.8. The lowest BCUT2D eigenvalue weighted by Gasteiger charge is -2.03. The van der Waals surface area contributed by atoms with Gasteiger partial charge in [-0.1, -0.05) is 42.9 Å². The maximum atomic E-state index is 12.3. The lowest BCUT2D eigenvalue weighted by molar-refractivity contribution is 0.103. The van der Waals surface area contributed by atoms with Crippen molar-refractivity contribution in [1.29, 1.82) is 0 Å². The molecule has 0 spiro atoms. The number of aryl methyl sites for hydroxylation is 1. The fraction of sp³-hybridized carbons (Fsp3) is 0.333. The van der Waals surface area contributed by atoms with Gasteiger partial charge in [0.2, 0.25) is 10.0 Å². The van der Waals surface area contributed by atoms with E-state index in [1.165, 1.54) is 0 Å². The molecule has 0 aliphatic heterocycles. The van der Waals surface area contributed by atoms with Crippen molar-refractivity contribution in [3.05, 3.63) is 40.9 Å². The number of rotatable bonds is 7. The number of hydrogen-bond acceptors (Lipinski definition) is 5. The van der Waals surface area contributed by atoms with Crippen LogP contribution in [0.3, 0.4) is 0 Å². The van der Waals surface area contributed by atoms with Crippen molar-refractivity contribution in [1.82, 2.24) is 4.98 Å². The first kappa shape index (κ1) is 17.4. The summed E-state index contributed by atoms with van der Waals surface area (Å²) in [5.41, 5.74) is 1.17. The number of nitrogens with one attached hydrogen (secondary N) is 2. The Morgan fingerprint density at radius 2 is 1.96 bits per heavy atom. The quantitative estimate of drug-likeness (QED) is 0.800. The number of para-hydroxylation sites is 1. The van der Waals surface area contributed by atoms with Crippen molar-refractivity contribution < 1.29 is 13.2 Å². The highest BCUT2D eigenvalue weighted by Crippen LogP contribution is 2.24. The van der Waals surface area contributed by atoms with Crippen LogP contribution in [0.2, 0.25) is 0 Å². The second-order valence-corrected chi connectivity index (χ2v) is 7.87. The minimum absolute atomic E-state index is 0.0493. The molecular formula is C15H19N3O3S2. The number of carbonyl (C=O) groups is 1. The second kappa shape index (κ2) is 7.56. The predicted molar refractivity (Wildman–Crippen MR) is 93.6 cm³/mol. The Balaban J connectivity index is 2.10. The highest BCUT2D eigenvalue weighted by molar-refractivity contribution is 7.92. The summed E-state index contributed by atoms with van der Waals surface area (Å²) in [7, 11) is -3.42. The van der Waals surface area contributed by atoms with Gasteiger partial charge in [-0.15, -0.1) is 0 Å². The van der Waals surface area contributed by atoms with Gasteiger partial charge in [0.05, 0.1) is 11.4 Å². The van der Waals surface area contributed by atoms with Crippen LogP contribution in [0, 0.1) is 6.92 Å². The number of unbranched alkanes of at least 4 members (excludes halogenated alkanes) is 1. The summed E-state index contributed by atoms with van der Waals surface area (Å²) in [5, 5.41) is 2.98. The van der Waals surface area contributed by atoms with E-state index in [4.69, 9.17) is 0 Å². The van der Waals surface area contributed by atoms with E-state index in [9.17, 15) is 13.2 Å². The van der Waals surface area contributed by atoms with Crippen molar-refractivity contribution in [3.8, 4) is 0 Å². The predicted octanol–water partition coefficient (Wildman–Crippen LogP) is 3.25. The zero-order valence-electron chi connectivity index (χ0n) is 13.0. The normalized spacial score (nSPS) is 11.2. The summed E-state index contributed by atoms with van der Waals surface area (Å²) in [6.45, 7) is 3.61. The Kier molecular flexibility index (Phi) is 5.73. The third-order valence-electron chi connectivity index (χ3n) is 3.04. The van der Waals surface area contributed by atoms with Crippen molar-refractivity contribution in [2.24, 2.45) is 0 Å². The third kappa shape index (κ3) is 5.04. The lowest BCUT2D eigenvalue weighted by Crippen LogP contribution is -2.16. The number of carbonyl (C=O) groups excluding carboxylic acids is 1. The smallest absolute Gasteiger partial charge is 0.267 e. The van der Waals surface area contributed by atoms with Crippen LogP contribution in [0.25, 0.3) is 0 Å². The Hall–Kier alpha value is -1.93. The molecule has 0 radical (unpaired) electrons. The average Bonchev–Trinajstić information content (AvgIpc) is 2.86. The van der Waals surface area contributed by atoms with Crippen molar-refractivity contribution in [2.75, 3.05) is 15.8 Å². The fourth-order valence-electron chi connectivity index (χ4n) is 1.88. The summed E-state index contributed by atoms with van der Waals surface area (Å²) >= 11 is 1.03. The topological polar surface area (TPSA) is 88.2 Å². The summed E-state index contributed by atoms with van der Waals surface area (Å²) in [6, 6.07) is 9.06. The first-order valence-electron chi connectivity index (χ1n) is 7.25. The van der Waals surface area contributed by atoms with Gasteiger partial charge in [-0.25, -0.2) is 13.4 Å². The van der Waals surface area contributed by atoms with E-state index in [0.29, 0.717) is 22.7 Å². The Bertz CT molecular complexity index is 771. The highest BCUT2D eigenvalue weighted by Gasteiger charge is 2.18. The zero-order valence-corrected chi connectivity index (χ0v) is 14.6. The van der Waals surface area contributed by atoms with E-state index in [0.717, 1.165) is 17.8 Å². The molecule has 0 saturated heterocycles. The van der Waals surface area contributed by atoms with Crippen LogP contribution in [0.5, 0.6) is 0 Å². The van der Waals surface area contributed by atoms with Crippen LogP contribution in [0.1, 0.15) is 35.1 Å². The first-order valence-corrected chi connectivity index (χ1v) is 9.72. The van der Waals surface area contributed by atoms with Gasteiger partial charge >= 0.3 is 0 Å². The SMILES string of the molecule is CCCCS(=O)(=O)Nc1nc(C)c(C(=O)Nc2ccccc2)s1. The molecule has 1 amide bonds. The molecule has 0 aliphatic carbocycles. The molecule has 0 aliphatic rings. The number of hydrogen-bond donors (Lipinski definition) is 2. The van der Waals surface area contributed by atoms with Crippen LogP contribution in [-0.4, -0.2) is 25.1 Å². The molecule has 124 valence electrons. The molecule has 23 heavy (non-hydrogen) atoms. The molecule has 1 aromatic heterocycles. The molecule has 0 fully saturated rings. The first-order chi connectivity index (χ1) is 10.9. The number of amides is 1. The minimum atomic E-state index is -3.42. The summed E-state index contributed by atoms with van der Waals surface area (Å²) < 4.78 is 26.2. The second-order valence-electron chi connectivity index (χ2n) is 5.03. The molecule has 8 heteroatoms. The van der Waals surface area contributed by atoms with Crippen LogP contribution in [0.4, 0.5) is 10.8 Å². The molecule has 2 N–H and O–H groups in total. The molecule has 1 heterocycles. The number of sulfonamides is 1. The molecule has 0 atom stereocenters. The largest absolute Gasteiger partial charge is 0.321 e. The van der Waals surface area contributed by atoms with Gasteiger partial charge in [-0.05, 0) is 25.5 Å². The molecule has 2 rings (SSSR count). The molecule has 0 saturated carbocycles. The average molecular weight is 353 g/mol. The van der Waals surface area contributed by atoms with Crippen LogP contribution in [-0.2, 0) is 10.0 Å². The molecule has 6 nitrogen and oxygen atoms in total. The van der Waals surface area contributed by atoms with E-state index in [2.05, 4.69) is 15.0 Å². The van der Waals surface area contributed by atoms with Gasteiger partial charge in [-0.3, -0.25) is 9.52 Å². The lowest BCUT2D eigenvalue weighted by atomic mass is 10.3. The fourth-order valence-corrected chi connectivity index (χ4v) is 4.22. The van der Waals surface area contributed by atoms with Gasteiger partial charge in [0.25, 0.3) is 5.91 Å². The molecule has 1 aromatic carbocycles. The van der Waals surface area contributed by atoms with Crippen LogP contribution < -0.4 is 10.0 Å². The maximum Gasteiger partial charge on any atom is 0.267 e. The van der Waals surface area contributed by atoms with E-state index >= 15 is 0 Å². The maximum absolute atomic E-state index is 12.3. The van der Waals surface area contributed by atoms with Gasteiger partial charge in [0.15, 0.2) is 5.13 Å². The van der Waals surface area contributed by atoms with Crippen LogP contribution >= 0.6 is 11.3 Å². The van der Waals surface area contributed by atoms with E-state index in [1.54, 1.807) is 19.1 Å². The van der Waals surface area contributed by atoms with Gasteiger partial charge in [-0.2, -0.15) is 0 Å². The Morgan fingerprint density at radius 3 is 2.61 bits per heavy atom. The standard InChI is InChI=1S/C15H19N3O3S2/c1-3-4-10-23(20,21)18-15-16-11(2)13(22-15)14(19)17-12-8-6-5-7-9-12/h5-9H,3-4,10H2,1-2H3,(H,16,18)(H,17,19). The number of aromatic nitrogens is 1. The minimum Gasteiger partial charge on any atom is -0.321 e. The van der Waals surface area contributed by atoms with Crippen LogP contribution in [0.15, 0.2) is 30.3 Å². The van der Waals surface area contributed by atoms with E-state index < -0.39 is 10.0 Å². The molecular weight excluding hydrogens is 334 g/mol. The molecule has 0 bridgehead atoms. The van der Waals surface area contributed by atoms with Gasteiger partial charge in [0.1, 0.15) is 4.88 Å². The molecule has 2 aromatic rings. The Labute approximate surface area is 140 Å². The summed E-state index contributed by atoms with van der Waals surface area (Å²) in [6.07, 6.45) is 1.38. The van der Waals surface area contributed by atoms with E-state index in [1.807, 2.05) is 25.1 Å². The van der Waals surface area contributed by atoms with Gasteiger partial charge < -0.3 is 5.32 Å². The van der Waals surface area contributed by atoms with Crippen molar-refractivity contribution in [3.63, 3.8) is 0 Å². The van der Waals surface area contributed by atoms with Crippen molar-refractivity contribution >= 4 is 38.1 Å². The Morgan fingerprint density at radius 1 is 1.26 bits per heavy atom. The van der Waals surface area contributed by atoms with Crippen molar-refractivity contribution in [2.45, 2.75) is 26.7 Å².